The molecule has 2 N–H and O–H groups in total. The molecule has 1 aromatic rings. The van der Waals surface area contributed by atoms with Gasteiger partial charge in [-0.1, -0.05) is 18.5 Å². The van der Waals surface area contributed by atoms with Crippen LogP contribution in [0.3, 0.4) is 0 Å². The van der Waals surface area contributed by atoms with Gasteiger partial charge >= 0.3 is 0 Å². The van der Waals surface area contributed by atoms with Gasteiger partial charge in [0, 0.05) is 22.8 Å². The van der Waals surface area contributed by atoms with Gasteiger partial charge in [0.2, 0.25) is 0 Å². The lowest BCUT2D eigenvalue weighted by atomic mass is 10.2. The lowest BCUT2D eigenvalue weighted by Gasteiger charge is -2.28. The van der Waals surface area contributed by atoms with E-state index in [0.717, 1.165) is 17.6 Å². The highest BCUT2D eigenvalue weighted by Gasteiger charge is 2.33. The Bertz CT molecular complexity index is 322. The molecule has 0 spiro atoms. The first kappa shape index (κ1) is 11.4. The van der Waals surface area contributed by atoms with Gasteiger partial charge in [0.15, 0.2) is 0 Å². The zero-order chi connectivity index (χ0) is 10.8. The minimum Gasteiger partial charge on any atom is -0.329 e. The van der Waals surface area contributed by atoms with Crippen molar-refractivity contribution >= 4 is 22.9 Å². The SMILES string of the molecule is CCN(C1CC1)C(CN)c1cc(Cl)cs1. The van der Waals surface area contributed by atoms with Crippen LogP contribution >= 0.6 is 22.9 Å². The summed E-state index contributed by atoms with van der Waals surface area (Å²) in [5, 5.41) is 2.82. The molecule has 1 fully saturated rings. The molecule has 0 radical (unpaired) electrons. The Kier molecular flexibility index (Phi) is 3.67. The molecule has 1 unspecified atom stereocenters. The molecule has 1 saturated carbocycles. The van der Waals surface area contributed by atoms with E-state index in [1.807, 2.05) is 5.38 Å². The van der Waals surface area contributed by atoms with E-state index >= 15 is 0 Å². The Hall–Kier alpha value is -0.0900. The lowest BCUT2D eigenvalue weighted by molar-refractivity contribution is 0.205. The monoisotopic (exact) mass is 244 g/mol. The summed E-state index contributed by atoms with van der Waals surface area (Å²) in [5.41, 5.74) is 5.88. The van der Waals surface area contributed by atoms with Crippen LogP contribution in [0, 0.1) is 0 Å². The Balaban J connectivity index is 2.14. The molecular weight excluding hydrogens is 228 g/mol. The molecule has 1 aromatic heterocycles. The molecule has 0 aromatic carbocycles. The quantitative estimate of drug-likeness (QED) is 0.863. The molecule has 4 heteroatoms. The van der Waals surface area contributed by atoms with Gasteiger partial charge in [-0.25, -0.2) is 0 Å². The van der Waals surface area contributed by atoms with Crippen molar-refractivity contribution in [2.75, 3.05) is 13.1 Å². The van der Waals surface area contributed by atoms with Crippen molar-refractivity contribution < 1.29 is 0 Å². The number of likely N-dealkylation sites (N-methyl/N-ethyl adjacent to an activating group) is 1. The third-order valence-electron chi connectivity index (χ3n) is 2.92. The minimum atomic E-state index is 0.361. The standard InChI is InChI=1S/C11H17ClN2S/c1-2-14(9-3-4-9)10(6-13)11-5-8(12)7-15-11/h5,7,9-10H,2-4,6,13H2,1H3. The summed E-state index contributed by atoms with van der Waals surface area (Å²) in [7, 11) is 0. The van der Waals surface area contributed by atoms with Gasteiger partial charge in [-0.05, 0) is 25.5 Å². The zero-order valence-electron chi connectivity index (χ0n) is 8.95. The number of halogens is 1. The average molecular weight is 245 g/mol. The van der Waals surface area contributed by atoms with E-state index in [9.17, 15) is 0 Å². The van der Waals surface area contributed by atoms with Gasteiger partial charge in [0.25, 0.3) is 0 Å². The molecule has 0 saturated heterocycles. The first-order valence-electron chi connectivity index (χ1n) is 5.46. The summed E-state index contributed by atoms with van der Waals surface area (Å²) in [6, 6.07) is 3.17. The molecule has 1 heterocycles. The predicted molar refractivity (Wildman–Crippen MR) is 66.5 cm³/mol. The van der Waals surface area contributed by atoms with E-state index in [4.69, 9.17) is 17.3 Å². The summed E-state index contributed by atoms with van der Waals surface area (Å²) in [5.74, 6) is 0. The number of hydrogen-bond acceptors (Lipinski definition) is 3. The Labute approximate surface area is 100 Å². The van der Waals surface area contributed by atoms with Crippen LogP contribution in [0.2, 0.25) is 5.02 Å². The highest BCUT2D eigenvalue weighted by Crippen LogP contribution is 2.36. The van der Waals surface area contributed by atoms with Crippen molar-refractivity contribution in [1.29, 1.82) is 0 Å². The number of rotatable bonds is 5. The number of thiophene rings is 1. The van der Waals surface area contributed by atoms with Crippen LogP contribution in [-0.2, 0) is 0 Å². The first-order chi connectivity index (χ1) is 7.26. The van der Waals surface area contributed by atoms with Crippen LogP contribution in [0.15, 0.2) is 11.4 Å². The third-order valence-corrected chi connectivity index (χ3v) is 4.30. The van der Waals surface area contributed by atoms with Crippen molar-refractivity contribution in [2.45, 2.75) is 31.8 Å². The maximum atomic E-state index is 5.96. The Morgan fingerprint density at radius 3 is 2.80 bits per heavy atom. The van der Waals surface area contributed by atoms with E-state index in [1.165, 1.54) is 17.7 Å². The summed E-state index contributed by atoms with van der Waals surface area (Å²) in [4.78, 5) is 3.80. The highest BCUT2D eigenvalue weighted by molar-refractivity contribution is 7.10. The van der Waals surface area contributed by atoms with Crippen LogP contribution in [0.5, 0.6) is 0 Å². The van der Waals surface area contributed by atoms with E-state index in [-0.39, 0.29) is 0 Å². The molecule has 15 heavy (non-hydrogen) atoms. The van der Waals surface area contributed by atoms with Gasteiger partial charge in [-0.15, -0.1) is 11.3 Å². The molecule has 1 aliphatic carbocycles. The highest BCUT2D eigenvalue weighted by atomic mass is 35.5. The lowest BCUT2D eigenvalue weighted by Crippen LogP contribution is -2.34. The van der Waals surface area contributed by atoms with Gasteiger partial charge in [0.1, 0.15) is 0 Å². The molecule has 0 amide bonds. The van der Waals surface area contributed by atoms with E-state index in [2.05, 4.69) is 17.9 Å². The fourth-order valence-corrected chi connectivity index (χ4v) is 3.27. The van der Waals surface area contributed by atoms with Crippen LogP contribution in [0.1, 0.15) is 30.7 Å². The van der Waals surface area contributed by atoms with Crippen LogP contribution in [0.25, 0.3) is 0 Å². The third kappa shape index (κ3) is 2.53. The Morgan fingerprint density at radius 1 is 1.67 bits per heavy atom. The summed E-state index contributed by atoms with van der Waals surface area (Å²) >= 11 is 7.67. The molecule has 0 aliphatic heterocycles. The topological polar surface area (TPSA) is 29.3 Å². The number of nitrogens with zero attached hydrogens (tertiary/aromatic N) is 1. The fourth-order valence-electron chi connectivity index (χ4n) is 2.06. The van der Waals surface area contributed by atoms with Gasteiger partial charge in [0.05, 0.1) is 11.1 Å². The van der Waals surface area contributed by atoms with E-state index in [1.54, 1.807) is 11.3 Å². The molecule has 0 bridgehead atoms. The van der Waals surface area contributed by atoms with Crippen molar-refractivity contribution in [3.8, 4) is 0 Å². The van der Waals surface area contributed by atoms with Crippen molar-refractivity contribution in [1.82, 2.24) is 4.90 Å². The van der Waals surface area contributed by atoms with Gasteiger partial charge in [-0.3, -0.25) is 4.90 Å². The van der Waals surface area contributed by atoms with E-state index in [0.29, 0.717) is 12.6 Å². The largest absolute Gasteiger partial charge is 0.329 e. The number of nitrogens with two attached hydrogens (primary N) is 1. The van der Waals surface area contributed by atoms with Crippen molar-refractivity contribution in [3.05, 3.63) is 21.3 Å². The van der Waals surface area contributed by atoms with Crippen LogP contribution in [-0.4, -0.2) is 24.0 Å². The van der Waals surface area contributed by atoms with Gasteiger partial charge < -0.3 is 5.73 Å². The minimum absolute atomic E-state index is 0.361. The number of hydrogen-bond donors (Lipinski definition) is 1. The van der Waals surface area contributed by atoms with Crippen molar-refractivity contribution in [2.24, 2.45) is 5.73 Å². The van der Waals surface area contributed by atoms with Crippen molar-refractivity contribution in [3.63, 3.8) is 0 Å². The molecule has 1 atom stereocenters. The van der Waals surface area contributed by atoms with Crippen LogP contribution < -0.4 is 5.73 Å². The second kappa shape index (κ2) is 4.83. The van der Waals surface area contributed by atoms with Crippen LogP contribution in [0.4, 0.5) is 0 Å². The molecular formula is C11H17ClN2S. The normalized spacial score (nSPS) is 18.4. The predicted octanol–water partition coefficient (Wildman–Crippen LogP) is 2.89. The smallest absolute Gasteiger partial charge is 0.0567 e. The second-order valence-corrected chi connectivity index (χ2v) is 5.36. The molecule has 1 aliphatic rings. The summed E-state index contributed by atoms with van der Waals surface area (Å²) in [6.07, 6.45) is 2.65. The van der Waals surface area contributed by atoms with Gasteiger partial charge in [-0.2, -0.15) is 0 Å². The maximum Gasteiger partial charge on any atom is 0.0567 e. The molecule has 84 valence electrons. The zero-order valence-corrected chi connectivity index (χ0v) is 10.5. The Morgan fingerprint density at radius 2 is 2.40 bits per heavy atom. The molecule has 2 rings (SSSR count). The average Bonchev–Trinajstić information content (AvgIpc) is 2.98. The summed E-state index contributed by atoms with van der Waals surface area (Å²) < 4.78 is 0. The second-order valence-electron chi connectivity index (χ2n) is 3.98. The fraction of sp³-hybridized carbons (Fsp3) is 0.636. The summed E-state index contributed by atoms with van der Waals surface area (Å²) in [6.45, 7) is 3.96. The van der Waals surface area contributed by atoms with E-state index < -0.39 is 0 Å². The maximum absolute atomic E-state index is 5.96. The molecule has 2 nitrogen and oxygen atoms in total. The first-order valence-corrected chi connectivity index (χ1v) is 6.71.